The van der Waals surface area contributed by atoms with Crippen LogP contribution >= 0.6 is 35.0 Å². The molecule has 2 amide bonds. The molecule has 6 nitrogen and oxygen atoms in total. The molecule has 0 bridgehead atoms. The zero-order valence-electron chi connectivity index (χ0n) is 15.8. The molecule has 0 unspecified atom stereocenters. The van der Waals surface area contributed by atoms with Crippen LogP contribution in [0.4, 0.5) is 0 Å². The predicted molar refractivity (Wildman–Crippen MR) is 116 cm³/mol. The number of carbonyl (C=O) groups excluding carboxylic acids is 2. The first-order chi connectivity index (χ1) is 14.5. The van der Waals surface area contributed by atoms with Crippen LogP contribution in [0.3, 0.4) is 0 Å². The molecule has 0 spiro atoms. The lowest BCUT2D eigenvalue weighted by atomic mass is 10.2. The van der Waals surface area contributed by atoms with Crippen molar-refractivity contribution < 1.29 is 14.0 Å². The third-order valence-corrected chi connectivity index (χ3v) is 6.27. The molecule has 0 radical (unpaired) electrons. The van der Waals surface area contributed by atoms with E-state index in [9.17, 15) is 9.59 Å². The Kier molecular flexibility index (Phi) is 6.41. The van der Waals surface area contributed by atoms with E-state index < -0.39 is 5.25 Å². The van der Waals surface area contributed by atoms with Gasteiger partial charge in [0.25, 0.3) is 11.1 Å². The second-order valence-corrected chi connectivity index (χ2v) is 8.81. The van der Waals surface area contributed by atoms with Crippen LogP contribution in [0, 0.1) is 0 Å². The van der Waals surface area contributed by atoms with Crippen molar-refractivity contribution >= 4 is 46.8 Å². The van der Waals surface area contributed by atoms with Crippen LogP contribution < -0.4 is 0 Å². The fourth-order valence-electron chi connectivity index (χ4n) is 3.18. The molecule has 0 aliphatic carbocycles. The number of hydrogen-bond donors (Lipinski definition) is 0. The molecule has 3 aromatic rings. The maximum Gasteiger partial charge on any atom is 0.277 e. The number of thioether (sulfide) groups is 1. The third kappa shape index (κ3) is 4.69. The lowest BCUT2D eigenvalue weighted by Gasteiger charge is -2.21. The number of carbonyl (C=O) groups is 2. The fourth-order valence-corrected chi connectivity index (χ4v) is 4.47. The minimum absolute atomic E-state index is 0.250. The molecule has 1 fully saturated rings. The first-order valence-electron chi connectivity index (χ1n) is 9.38. The van der Waals surface area contributed by atoms with Crippen LogP contribution in [0.1, 0.15) is 29.6 Å². The van der Waals surface area contributed by atoms with Crippen molar-refractivity contribution in [1.29, 1.82) is 0 Å². The number of likely N-dealkylation sites (tertiary alicyclic amines) is 1. The molecule has 154 valence electrons. The first-order valence-corrected chi connectivity index (χ1v) is 11.0. The highest BCUT2D eigenvalue weighted by molar-refractivity contribution is 8.00. The molecule has 0 N–H and O–H groups in total. The summed E-state index contributed by atoms with van der Waals surface area (Å²) in [4.78, 5) is 27.3. The number of hydrogen-bond acceptors (Lipinski definition) is 6. The summed E-state index contributed by atoms with van der Waals surface area (Å²) in [5, 5.41) is 9.01. The van der Waals surface area contributed by atoms with E-state index in [2.05, 4.69) is 10.2 Å². The van der Waals surface area contributed by atoms with Gasteiger partial charge in [0.2, 0.25) is 11.8 Å². The van der Waals surface area contributed by atoms with Crippen molar-refractivity contribution in [2.75, 3.05) is 6.54 Å². The van der Waals surface area contributed by atoms with Crippen molar-refractivity contribution in [3.05, 3.63) is 64.1 Å². The van der Waals surface area contributed by atoms with Gasteiger partial charge in [0.05, 0.1) is 5.25 Å². The standard InChI is InChI=1S/C21H17Cl2N3O3S/c22-15-9-7-13(8-10-15)19(27)26-11-2-1-6-17(20(26)28)30-21-25-24-18(29-21)14-4-3-5-16(23)12-14/h3-5,7-10,12,17H,1-2,6,11H2/t17-/m0/s1. The van der Waals surface area contributed by atoms with E-state index in [1.807, 2.05) is 6.07 Å². The molecule has 4 rings (SSSR count). The van der Waals surface area contributed by atoms with E-state index >= 15 is 0 Å². The van der Waals surface area contributed by atoms with Crippen LogP contribution in [-0.2, 0) is 4.79 Å². The Morgan fingerprint density at radius 2 is 1.87 bits per heavy atom. The van der Waals surface area contributed by atoms with E-state index in [1.54, 1.807) is 42.5 Å². The lowest BCUT2D eigenvalue weighted by molar-refractivity contribution is -0.127. The lowest BCUT2D eigenvalue weighted by Crippen LogP contribution is -2.41. The topological polar surface area (TPSA) is 76.3 Å². The number of amides is 2. The van der Waals surface area contributed by atoms with Crippen LogP contribution in [0.2, 0.25) is 10.0 Å². The average Bonchev–Trinajstić information content (AvgIpc) is 3.13. The highest BCUT2D eigenvalue weighted by Crippen LogP contribution is 2.32. The molecule has 1 aliphatic heterocycles. The molecule has 1 atom stereocenters. The van der Waals surface area contributed by atoms with Gasteiger partial charge in [-0.3, -0.25) is 14.5 Å². The van der Waals surface area contributed by atoms with E-state index in [0.29, 0.717) is 40.0 Å². The van der Waals surface area contributed by atoms with Gasteiger partial charge in [-0.25, -0.2) is 0 Å². The van der Waals surface area contributed by atoms with Crippen molar-refractivity contribution in [2.45, 2.75) is 29.7 Å². The van der Waals surface area contributed by atoms with Crippen molar-refractivity contribution in [1.82, 2.24) is 15.1 Å². The van der Waals surface area contributed by atoms with E-state index in [0.717, 1.165) is 12.8 Å². The highest BCUT2D eigenvalue weighted by atomic mass is 35.5. The molecular formula is C21H17Cl2N3O3S. The SMILES string of the molecule is O=C(c1ccc(Cl)cc1)N1CCCC[C@H](Sc2nnc(-c3cccc(Cl)c3)o2)C1=O. The molecule has 1 aliphatic rings. The monoisotopic (exact) mass is 461 g/mol. The third-order valence-electron chi connectivity index (χ3n) is 4.70. The summed E-state index contributed by atoms with van der Waals surface area (Å²) in [6, 6.07) is 13.6. The van der Waals surface area contributed by atoms with Crippen LogP contribution in [0.25, 0.3) is 11.5 Å². The molecule has 1 saturated heterocycles. The minimum atomic E-state index is -0.476. The molecular weight excluding hydrogens is 445 g/mol. The number of imide groups is 1. The Morgan fingerprint density at radius 1 is 1.07 bits per heavy atom. The zero-order chi connectivity index (χ0) is 21.1. The summed E-state index contributed by atoms with van der Waals surface area (Å²) in [6.45, 7) is 0.384. The summed E-state index contributed by atoms with van der Waals surface area (Å²) >= 11 is 13.1. The van der Waals surface area contributed by atoms with E-state index in [4.69, 9.17) is 27.6 Å². The Balaban J connectivity index is 1.50. The number of halogens is 2. The van der Waals surface area contributed by atoms with Gasteiger partial charge in [-0.2, -0.15) is 0 Å². The normalized spacial score (nSPS) is 17.1. The van der Waals surface area contributed by atoms with Gasteiger partial charge in [-0.1, -0.05) is 47.5 Å². The number of aromatic nitrogens is 2. The summed E-state index contributed by atoms with van der Waals surface area (Å²) in [5.74, 6) is -0.246. The second kappa shape index (κ2) is 9.20. The largest absolute Gasteiger partial charge is 0.411 e. The Labute approximate surface area is 187 Å². The van der Waals surface area contributed by atoms with Crippen LogP contribution in [0.15, 0.2) is 58.2 Å². The van der Waals surface area contributed by atoms with Gasteiger partial charge < -0.3 is 4.42 Å². The summed E-state index contributed by atoms with van der Waals surface area (Å²) in [7, 11) is 0. The van der Waals surface area contributed by atoms with Crippen molar-refractivity contribution in [3.8, 4) is 11.5 Å². The molecule has 9 heteroatoms. The summed E-state index contributed by atoms with van der Waals surface area (Å²) in [5.41, 5.74) is 1.13. The Morgan fingerprint density at radius 3 is 2.63 bits per heavy atom. The molecule has 0 saturated carbocycles. The van der Waals surface area contributed by atoms with Gasteiger partial charge in [0, 0.05) is 27.7 Å². The fraction of sp³-hybridized carbons (Fsp3) is 0.238. The quantitative estimate of drug-likeness (QED) is 0.486. The van der Waals surface area contributed by atoms with Crippen LogP contribution in [-0.4, -0.2) is 38.7 Å². The van der Waals surface area contributed by atoms with E-state index in [-0.39, 0.29) is 17.0 Å². The molecule has 1 aromatic heterocycles. The zero-order valence-corrected chi connectivity index (χ0v) is 18.1. The molecule has 2 heterocycles. The van der Waals surface area contributed by atoms with Gasteiger partial charge in [0.15, 0.2) is 0 Å². The molecule has 30 heavy (non-hydrogen) atoms. The summed E-state index contributed by atoms with van der Waals surface area (Å²) < 4.78 is 5.72. The maximum atomic E-state index is 13.1. The minimum Gasteiger partial charge on any atom is -0.411 e. The maximum absolute atomic E-state index is 13.1. The van der Waals surface area contributed by atoms with Crippen LogP contribution in [0.5, 0.6) is 0 Å². The molecule has 2 aromatic carbocycles. The predicted octanol–water partition coefficient (Wildman–Crippen LogP) is 5.36. The number of benzene rings is 2. The van der Waals surface area contributed by atoms with Crippen molar-refractivity contribution in [2.24, 2.45) is 0 Å². The number of nitrogens with zero attached hydrogens (tertiary/aromatic N) is 3. The van der Waals surface area contributed by atoms with Gasteiger partial charge in [-0.15, -0.1) is 10.2 Å². The first kappa shape index (κ1) is 20.9. The van der Waals surface area contributed by atoms with Gasteiger partial charge >= 0.3 is 0 Å². The highest BCUT2D eigenvalue weighted by Gasteiger charge is 2.33. The van der Waals surface area contributed by atoms with Crippen molar-refractivity contribution in [3.63, 3.8) is 0 Å². The smallest absolute Gasteiger partial charge is 0.277 e. The van der Waals surface area contributed by atoms with Gasteiger partial charge in [0.1, 0.15) is 0 Å². The Bertz CT molecular complexity index is 1070. The summed E-state index contributed by atoms with van der Waals surface area (Å²) in [6.07, 6.45) is 2.20. The number of rotatable bonds is 4. The Hall–Kier alpha value is -2.35. The van der Waals surface area contributed by atoms with Gasteiger partial charge in [-0.05, 0) is 55.3 Å². The van der Waals surface area contributed by atoms with E-state index in [1.165, 1.54) is 16.7 Å². The average molecular weight is 462 g/mol. The second-order valence-electron chi connectivity index (χ2n) is 6.79.